The van der Waals surface area contributed by atoms with Crippen molar-refractivity contribution < 1.29 is 9.59 Å². The lowest BCUT2D eigenvalue weighted by Crippen LogP contribution is -2.47. The molecule has 2 saturated heterocycles. The van der Waals surface area contributed by atoms with Gasteiger partial charge in [-0.15, -0.1) is 0 Å². The average Bonchev–Trinajstić information content (AvgIpc) is 3.16. The van der Waals surface area contributed by atoms with Crippen LogP contribution in [-0.4, -0.2) is 41.4 Å². The van der Waals surface area contributed by atoms with Crippen molar-refractivity contribution in [3.63, 3.8) is 0 Å². The lowest BCUT2D eigenvalue weighted by Gasteiger charge is -2.17. The van der Waals surface area contributed by atoms with E-state index in [0.29, 0.717) is 25.4 Å². The zero-order valence-corrected chi connectivity index (χ0v) is 13.0. The number of hydrogen-bond donors (Lipinski definition) is 3. The van der Waals surface area contributed by atoms with Gasteiger partial charge in [0, 0.05) is 25.0 Å². The molecule has 1 aromatic rings. The molecule has 122 valence electrons. The predicted octanol–water partition coefficient (Wildman–Crippen LogP) is 0.474. The quantitative estimate of drug-likeness (QED) is 0.755. The summed E-state index contributed by atoms with van der Waals surface area (Å²) in [6.07, 6.45) is 3.37. The standard InChI is InChI=1S/C17H22N4O2/c22-16-8-12(10-21(16)13-6-7-13)18-17(23)15-9-14(19-20-15)11-4-2-1-3-5-11/h1-5,12-15,19-20H,6-10H2,(H,18,23). The molecule has 2 amide bonds. The van der Waals surface area contributed by atoms with Gasteiger partial charge in [0.15, 0.2) is 0 Å². The molecule has 1 aromatic carbocycles. The molecule has 6 heteroatoms. The third-order valence-corrected chi connectivity index (χ3v) is 4.91. The van der Waals surface area contributed by atoms with Crippen molar-refractivity contribution in [1.29, 1.82) is 0 Å². The second kappa shape index (κ2) is 5.94. The van der Waals surface area contributed by atoms with E-state index in [0.717, 1.165) is 12.8 Å². The van der Waals surface area contributed by atoms with Crippen molar-refractivity contribution in [1.82, 2.24) is 21.1 Å². The number of hydrazine groups is 1. The molecule has 1 aliphatic carbocycles. The smallest absolute Gasteiger partial charge is 0.238 e. The normalized spacial score (nSPS) is 30.7. The van der Waals surface area contributed by atoms with Crippen LogP contribution in [0.4, 0.5) is 0 Å². The number of likely N-dealkylation sites (tertiary alicyclic amines) is 1. The highest BCUT2D eigenvalue weighted by Crippen LogP contribution is 2.30. The minimum absolute atomic E-state index is 0.0219. The number of hydrogen-bond acceptors (Lipinski definition) is 4. The number of amides is 2. The highest BCUT2D eigenvalue weighted by molar-refractivity contribution is 5.85. The summed E-state index contributed by atoms with van der Waals surface area (Å²) in [6.45, 7) is 0.664. The van der Waals surface area contributed by atoms with Crippen LogP contribution in [0.5, 0.6) is 0 Å². The number of carbonyl (C=O) groups excluding carboxylic acids is 2. The predicted molar refractivity (Wildman–Crippen MR) is 85.1 cm³/mol. The lowest BCUT2D eigenvalue weighted by molar-refractivity contribution is -0.128. The molecule has 3 unspecified atom stereocenters. The molecule has 2 heterocycles. The molecule has 0 radical (unpaired) electrons. The highest BCUT2D eigenvalue weighted by Gasteiger charge is 2.40. The first-order valence-electron chi connectivity index (χ1n) is 8.36. The molecule has 1 saturated carbocycles. The molecule has 0 aromatic heterocycles. The van der Waals surface area contributed by atoms with Gasteiger partial charge in [0.1, 0.15) is 6.04 Å². The fourth-order valence-electron chi connectivity index (χ4n) is 3.50. The van der Waals surface area contributed by atoms with Crippen molar-refractivity contribution in [2.24, 2.45) is 0 Å². The minimum Gasteiger partial charge on any atom is -0.350 e. The van der Waals surface area contributed by atoms with E-state index < -0.39 is 0 Å². The van der Waals surface area contributed by atoms with Gasteiger partial charge in [-0.1, -0.05) is 30.3 Å². The molecule has 0 spiro atoms. The Morgan fingerprint density at radius 1 is 1.17 bits per heavy atom. The van der Waals surface area contributed by atoms with Crippen LogP contribution in [0.1, 0.15) is 37.3 Å². The van der Waals surface area contributed by atoms with Crippen LogP contribution in [-0.2, 0) is 9.59 Å². The van der Waals surface area contributed by atoms with E-state index in [1.807, 2.05) is 23.1 Å². The number of carbonyl (C=O) groups is 2. The Kier molecular flexibility index (Phi) is 3.79. The van der Waals surface area contributed by atoms with Crippen molar-refractivity contribution in [3.05, 3.63) is 35.9 Å². The number of nitrogens with one attached hydrogen (secondary N) is 3. The van der Waals surface area contributed by atoms with Crippen LogP contribution >= 0.6 is 0 Å². The van der Waals surface area contributed by atoms with Crippen LogP contribution in [0.15, 0.2) is 30.3 Å². The van der Waals surface area contributed by atoms with Gasteiger partial charge in [0.25, 0.3) is 0 Å². The van der Waals surface area contributed by atoms with Crippen molar-refractivity contribution in [3.8, 4) is 0 Å². The molecule has 3 atom stereocenters. The second-order valence-electron chi connectivity index (χ2n) is 6.73. The first-order chi connectivity index (χ1) is 11.2. The summed E-state index contributed by atoms with van der Waals surface area (Å²) >= 11 is 0. The maximum atomic E-state index is 12.4. The SMILES string of the molecule is O=C(NC1CC(=O)N(C2CC2)C1)C1CC(c2ccccc2)NN1. The topological polar surface area (TPSA) is 73.5 Å². The Labute approximate surface area is 135 Å². The molecule has 3 fully saturated rings. The second-order valence-corrected chi connectivity index (χ2v) is 6.73. The Bertz CT molecular complexity index is 602. The summed E-state index contributed by atoms with van der Waals surface area (Å²) in [4.78, 5) is 26.3. The summed E-state index contributed by atoms with van der Waals surface area (Å²) in [6, 6.07) is 10.4. The van der Waals surface area contributed by atoms with E-state index in [1.165, 1.54) is 5.56 Å². The van der Waals surface area contributed by atoms with Gasteiger partial charge in [-0.2, -0.15) is 0 Å². The third kappa shape index (κ3) is 3.09. The maximum Gasteiger partial charge on any atom is 0.238 e. The van der Waals surface area contributed by atoms with E-state index in [-0.39, 0.29) is 29.9 Å². The largest absolute Gasteiger partial charge is 0.350 e. The van der Waals surface area contributed by atoms with Crippen molar-refractivity contribution in [2.45, 2.75) is 49.9 Å². The molecule has 6 nitrogen and oxygen atoms in total. The molecule has 0 bridgehead atoms. The Morgan fingerprint density at radius 3 is 2.70 bits per heavy atom. The van der Waals surface area contributed by atoms with Gasteiger partial charge < -0.3 is 10.2 Å². The molecule has 2 aliphatic heterocycles. The Morgan fingerprint density at radius 2 is 1.96 bits per heavy atom. The van der Waals surface area contributed by atoms with Gasteiger partial charge in [-0.3, -0.25) is 9.59 Å². The number of benzene rings is 1. The van der Waals surface area contributed by atoms with E-state index in [9.17, 15) is 9.59 Å². The van der Waals surface area contributed by atoms with Crippen LogP contribution in [0, 0.1) is 0 Å². The molecule has 23 heavy (non-hydrogen) atoms. The monoisotopic (exact) mass is 314 g/mol. The van der Waals surface area contributed by atoms with Crippen LogP contribution in [0.2, 0.25) is 0 Å². The Balaban J connectivity index is 1.31. The molecule has 3 aliphatic rings. The Hall–Kier alpha value is -1.92. The van der Waals surface area contributed by atoms with Crippen molar-refractivity contribution >= 4 is 11.8 Å². The van der Waals surface area contributed by atoms with E-state index in [1.54, 1.807) is 0 Å². The van der Waals surface area contributed by atoms with Gasteiger partial charge >= 0.3 is 0 Å². The van der Waals surface area contributed by atoms with E-state index in [2.05, 4.69) is 28.3 Å². The van der Waals surface area contributed by atoms with Crippen LogP contribution in [0.25, 0.3) is 0 Å². The molecular weight excluding hydrogens is 292 g/mol. The fraction of sp³-hybridized carbons (Fsp3) is 0.529. The van der Waals surface area contributed by atoms with E-state index >= 15 is 0 Å². The van der Waals surface area contributed by atoms with Crippen LogP contribution < -0.4 is 16.2 Å². The van der Waals surface area contributed by atoms with Crippen molar-refractivity contribution in [2.75, 3.05) is 6.54 Å². The maximum absolute atomic E-state index is 12.4. The third-order valence-electron chi connectivity index (χ3n) is 4.91. The summed E-state index contributed by atoms with van der Waals surface area (Å²) in [7, 11) is 0. The number of nitrogens with zero attached hydrogens (tertiary/aromatic N) is 1. The zero-order valence-electron chi connectivity index (χ0n) is 13.0. The van der Waals surface area contributed by atoms with Gasteiger partial charge in [0.2, 0.25) is 11.8 Å². The molecule has 3 N–H and O–H groups in total. The highest BCUT2D eigenvalue weighted by atomic mass is 16.2. The summed E-state index contributed by atoms with van der Waals surface area (Å²) < 4.78 is 0. The minimum atomic E-state index is -0.259. The number of rotatable bonds is 4. The first-order valence-corrected chi connectivity index (χ1v) is 8.36. The van der Waals surface area contributed by atoms with Gasteiger partial charge in [0.05, 0.1) is 6.04 Å². The molecule has 4 rings (SSSR count). The zero-order chi connectivity index (χ0) is 15.8. The van der Waals surface area contributed by atoms with E-state index in [4.69, 9.17) is 0 Å². The summed E-state index contributed by atoms with van der Waals surface area (Å²) in [5, 5.41) is 3.03. The fourth-order valence-corrected chi connectivity index (χ4v) is 3.50. The average molecular weight is 314 g/mol. The van der Waals surface area contributed by atoms with Crippen LogP contribution in [0.3, 0.4) is 0 Å². The lowest BCUT2D eigenvalue weighted by atomic mass is 10.0. The first kappa shape index (κ1) is 14.7. The summed E-state index contributed by atoms with van der Waals surface area (Å²) in [5.74, 6) is 0.156. The summed E-state index contributed by atoms with van der Waals surface area (Å²) in [5.41, 5.74) is 7.43. The molecular formula is C17H22N4O2. The van der Waals surface area contributed by atoms with Gasteiger partial charge in [-0.05, 0) is 24.8 Å². The van der Waals surface area contributed by atoms with Gasteiger partial charge in [-0.25, -0.2) is 10.9 Å².